The minimum absolute atomic E-state index is 0.0290. The van der Waals surface area contributed by atoms with Crippen molar-refractivity contribution in [1.29, 1.82) is 0 Å². The van der Waals surface area contributed by atoms with E-state index >= 15 is 0 Å². The molecule has 1 fully saturated rings. The molecule has 0 spiro atoms. The fourth-order valence-electron chi connectivity index (χ4n) is 3.67. The van der Waals surface area contributed by atoms with Crippen molar-refractivity contribution in [3.63, 3.8) is 0 Å². The van der Waals surface area contributed by atoms with Crippen molar-refractivity contribution >= 4 is 17.6 Å². The van der Waals surface area contributed by atoms with Gasteiger partial charge in [0, 0.05) is 45.3 Å². The lowest BCUT2D eigenvalue weighted by Gasteiger charge is -2.36. The molecule has 1 aromatic heterocycles. The lowest BCUT2D eigenvalue weighted by molar-refractivity contribution is -0.120. The Bertz CT molecular complexity index is 952. The van der Waals surface area contributed by atoms with Crippen LogP contribution in [0.3, 0.4) is 0 Å². The van der Waals surface area contributed by atoms with Crippen molar-refractivity contribution in [1.82, 2.24) is 20.0 Å². The molecule has 1 amide bonds. The highest BCUT2D eigenvalue weighted by Gasteiger charge is 2.29. The quantitative estimate of drug-likeness (QED) is 0.556. The van der Waals surface area contributed by atoms with Gasteiger partial charge in [-0.15, -0.1) is 0 Å². The predicted molar refractivity (Wildman–Crippen MR) is 121 cm³/mol. The van der Waals surface area contributed by atoms with Gasteiger partial charge in [-0.3, -0.25) is 14.5 Å². The summed E-state index contributed by atoms with van der Waals surface area (Å²) in [5, 5.41) is 7.60. The molecule has 1 N–H and O–H groups in total. The number of hydrogen-bond donors (Lipinski definition) is 1. The molecule has 168 valence electrons. The minimum Gasteiger partial charge on any atom is -0.493 e. The van der Waals surface area contributed by atoms with Crippen molar-refractivity contribution in [3.8, 4) is 11.5 Å². The molecule has 0 saturated carbocycles. The molecule has 0 aliphatic carbocycles. The minimum atomic E-state index is -0.197. The molecule has 1 saturated heterocycles. The van der Waals surface area contributed by atoms with Crippen LogP contribution in [0.15, 0.2) is 35.6 Å². The fourth-order valence-corrected chi connectivity index (χ4v) is 3.67. The Morgan fingerprint density at radius 1 is 1.23 bits per heavy atom. The number of rotatable bonds is 6. The summed E-state index contributed by atoms with van der Waals surface area (Å²) in [6.07, 6.45) is 3.57. The number of carbonyl (C=O) groups excluding carboxylic acids is 1. The first-order valence-electron chi connectivity index (χ1n) is 10.3. The van der Waals surface area contributed by atoms with Gasteiger partial charge in [0.15, 0.2) is 17.5 Å². The van der Waals surface area contributed by atoms with E-state index in [0.29, 0.717) is 37.1 Å². The summed E-state index contributed by atoms with van der Waals surface area (Å²) in [5.74, 6) is 2.15. The van der Waals surface area contributed by atoms with E-state index in [4.69, 9.17) is 9.47 Å². The van der Waals surface area contributed by atoms with E-state index in [1.165, 1.54) is 0 Å². The van der Waals surface area contributed by atoms with Gasteiger partial charge in [0.1, 0.15) is 6.54 Å². The predicted octanol–water partition coefficient (Wildman–Crippen LogP) is 1.64. The standard InChI is InChI=1S/C22H32N6O3/c1-22(2,16-7-8-18(30-5)19(11-16)31-6)15-24-21(23-3)27-9-10-28(20(29)14-27)17-12-25-26(4)13-17/h7-8,11-13H,9-10,14-15H2,1-6H3,(H,23,24). The number of guanidine groups is 1. The maximum absolute atomic E-state index is 12.7. The number of aromatic nitrogens is 2. The topological polar surface area (TPSA) is 84.2 Å². The molecular weight excluding hydrogens is 396 g/mol. The molecule has 0 radical (unpaired) electrons. The summed E-state index contributed by atoms with van der Waals surface area (Å²) in [6, 6.07) is 5.96. The number of carbonyl (C=O) groups is 1. The van der Waals surface area contributed by atoms with Crippen LogP contribution in [0.5, 0.6) is 11.5 Å². The highest BCUT2D eigenvalue weighted by Crippen LogP contribution is 2.33. The van der Waals surface area contributed by atoms with Gasteiger partial charge in [-0.05, 0) is 17.7 Å². The van der Waals surface area contributed by atoms with E-state index < -0.39 is 0 Å². The van der Waals surface area contributed by atoms with Crippen LogP contribution < -0.4 is 19.7 Å². The van der Waals surface area contributed by atoms with Crippen LogP contribution in [-0.2, 0) is 17.3 Å². The average Bonchev–Trinajstić information content (AvgIpc) is 3.19. The number of ether oxygens (including phenoxy) is 2. The van der Waals surface area contributed by atoms with Crippen LogP contribution in [0.2, 0.25) is 0 Å². The summed E-state index contributed by atoms with van der Waals surface area (Å²) in [4.78, 5) is 20.9. The number of aliphatic imine (C=N–C) groups is 1. The Kier molecular flexibility index (Phi) is 6.72. The van der Waals surface area contributed by atoms with Gasteiger partial charge < -0.3 is 24.6 Å². The number of benzene rings is 1. The molecule has 1 aliphatic heterocycles. The Balaban J connectivity index is 1.64. The van der Waals surface area contributed by atoms with Gasteiger partial charge in [0.25, 0.3) is 0 Å². The Labute approximate surface area is 183 Å². The molecule has 1 aliphatic rings. The van der Waals surface area contributed by atoms with Crippen LogP contribution in [0, 0.1) is 0 Å². The molecule has 0 bridgehead atoms. The van der Waals surface area contributed by atoms with Gasteiger partial charge in [-0.2, -0.15) is 5.10 Å². The zero-order valence-electron chi connectivity index (χ0n) is 19.2. The molecule has 31 heavy (non-hydrogen) atoms. The lowest BCUT2D eigenvalue weighted by atomic mass is 9.84. The molecule has 9 heteroatoms. The summed E-state index contributed by atoms with van der Waals surface area (Å²) >= 11 is 0. The zero-order valence-corrected chi connectivity index (χ0v) is 19.2. The van der Waals surface area contributed by atoms with Gasteiger partial charge in [-0.1, -0.05) is 19.9 Å². The normalized spacial score (nSPS) is 15.3. The molecule has 0 atom stereocenters. The average molecular weight is 429 g/mol. The van der Waals surface area contributed by atoms with Gasteiger partial charge >= 0.3 is 0 Å². The van der Waals surface area contributed by atoms with Gasteiger partial charge in [0.2, 0.25) is 5.91 Å². The van der Waals surface area contributed by atoms with Crippen LogP contribution in [0.25, 0.3) is 0 Å². The number of amides is 1. The molecule has 2 heterocycles. The number of anilines is 1. The monoisotopic (exact) mass is 428 g/mol. The highest BCUT2D eigenvalue weighted by molar-refractivity contribution is 5.98. The second kappa shape index (κ2) is 9.28. The summed E-state index contributed by atoms with van der Waals surface area (Å²) < 4.78 is 12.5. The largest absolute Gasteiger partial charge is 0.493 e. The number of hydrogen-bond acceptors (Lipinski definition) is 5. The first-order valence-corrected chi connectivity index (χ1v) is 10.3. The third-order valence-corrected chi connectivity index (χ3v) is 5.59. The van der Waals surface area contributed by atoms with E-state index in [2.05, 4.69) is 29.3 Å². The number of methoxy groups -OCH3 is 2. The van der Waals surface area contributed by atoms with E-state index in [9.17, 15) is 4.79 Å². The summed E-state index contributed by atoms with van der Waals surface area (Å²) in [5.41, 5.74) is 1.74. The van der Waals surface area contributed by atoms with E-state index in [1.54, 1.807) is 37.0 Å². The van der Waals surface area contributed by atoms with Crippen LogP contribution >= 0.6 is 0 Å². The van der Waals surface area contributed by atoms with Gasteiger partial charge in [-0.25, -0.2) is 0 Å². The maximum Gasteiger partial charge on any atom is 0.246 e. The Morgan fingerprint density at radius 3 is 2.55 bits per heavy atom. The second-order valence-electron chi connectivity index (χ2n) is 8.19. The highest BCUT2D eigenvalue weighted by atomic mass is 16.5. The van der Waals surface area contributed by atoms with Gasteiger partial charge in [0.05, 0.1) is 26.1 Å². The molecule has 1 aromatic carbocycles. The summed E-state index contributed by atoms with van der Waals surface area (Å²) in [6.45, 7) is 6.50. The van der Waals surface area contributed by atoms with Crippen LogP contribution in [-0.4, -0.2) is 74.0 Å². The Hall–Kier alpha value is -3.23. The second-order valence-corrected chi connectivity index (χ2v) is 8.19. The molecule has 9 nitrogen and oxygen atoms in total. The maximum atomic E-state index is 12.7. The van der Waals surface area contributed by atoms with Crippen molar-refractivity contribution in [2.75, 3.05) is 52.3 Å². The van der Waals surface area contributed by atoms with E-state index in [-0.39, 0.29) is 17.9 Å². The smallest absolute Gasteiger partial charge is 0.246 e. The van der Waals surface area contributed by atoms with Crippen molar-refractivity contribution in [2.45, 2.75) is 19.3 Å². The van der Waals surface area contributed by atoms with Crippen LogP contribution in [0.1, 0.15) is 19.4 Å². The third-order valence-electron chi connectivity index (χ3n) is 5.59. The van der Waals surface area contributed by atoms with Crippen molar-refractivity contribution in [3.05, 3.63) is 36.2 Å². The van der Waals surface area contributed by atoms with E-state index in [1.807, 2.05) is 36.3 Å². The zero-order chi connectivity index (χ0) is 22.6. The summed E-state index contributed by atoms with van der Waals surface area (Å²) in [7, 11) is 6.85. The lowest BCUT2D eigenvalue weighted by Crippen LogP contribution is -2.56. The Morgan fingerprint density at radius 2 is 1.97 bits per heavy atom. The first kappa shape index (κ1) is 22.5. The fraction of sp³-hybridized carbons (Fsp3) is 0.500. The number of nitrogens with one attached hydrogen (secondary N) is 1. The van der Waals surface area contributed by atoms with Crippen molar-refractivity contribution in [2.24, 2.45) is 12.0 Å². The molecule has 0 unspecified atom stereocenters. The molecular formula is C22H32N6O3. The third kappa shape index (κ3) is 4.92. The SMILES string of the molecule is CN=C(NCC(C)(C)c1ccc(OC)c(OC)c1)N1CCN(c2cnn(C)c2)C(=O)C1. The van der Waals surface area contributed by atoms with Crippen molar-refractivity contribution < 1.29 is 14.3 Å². The molecule has 3 rings (SSSR count). The number of aryl methyl sites for hydroxylation is 1. The van der Waals surface area contributed by atoms with Crippen LogP contribution in [0.4, 0.5) is 5.69 Å². The number of nitrogens with zero attached hydrogens (tertiary/aromatic N) is 5. The molecule has 2 aromatic rings. The first-order chi connectivity index (χ1) is 14.8. The number of piperazine rings is 1. The van der Waals surface area contributed by atoms with E-state index in [0.717, 1.165) is 11.3 Å².